The van der Waals surface area contributed by atoms with E-state index in [1.165, 1.54) is 19.1 Å². The van der Waals surface area contributed by atoms with Crippen LogP contribution in [0, 0.1) is 12.8 Å². The minimum absolute atomic E-state index is 0.0179. The van der Waals surface area contributed by atoms with Crippen molar-refractivity contribution in [3.63, 3.8) is 0 Å². The maximum atomic E-state index is 12.2. The van der Waals surface area contributed by atoms with Crippen LogP contribution >= 0.6 is 0 Å². The quantitative estimate of drug-likeness (QED) is 0.156. The van der Waals surface area contributed by atoms with E-state index >= 15 is 0 Å². The predicted octanol–water partition coefficient (Wildman–Crippen LogP) is 3.69. The smallest absolute Gasteiger partial charge is 0.335 e. The Morgan fingerprint density at radius 2 is 1.82 bits per heavy atom. The van der Waals surface area contributed by atoms with Gasteiger partial charge in [0.2, 0.25) is 6.29 Å². The Balaban J connectivity index is 1.90. The lowest BCUT2D eigenvalue weighted by atomic mass is 9.78. The number of aliphatic hydroxyl groups is 4. The fourth-order valence-electron chi connectivity index (χ4n) is 5.55. The number of ether oxygens (including phenoxy) is 2. The molecule has 3 rings (SSSR count). The highest BCUT2D eigenvalue weighted by molar-refractivity contribution is 6.08. The first-order valence-corrected chi connectivity index (χ1v) is 13.9. The van der Waals surface area contributed by atoms with Crippen LogP contribution in [0.1, 0.15) is 92.0 Å². The van der Waals surface area contributed by atoms with Crippen molar-refractivity contribution in [3.05, 3.63) is 34.9 Å². The van der Waals surface area contributed by atoms with Gasteiger partial charge in [0.15, 0.2) is 5.78 Å². The van der Waals surface area contributed by atoms with Crippen molar-refractivity contribution in [3.8, 4) is 11.5 Å². The predicted molar refractivity (Wildman–Crippen MR) is 148 cm³/mol. The molecule has 0 bridgehead atoms. The number of carbonyl (C=O) groups excluding carboxylic acids is 1. The van der Waals surface area contributed by atoms with E-state index in [4.69, 9.17) is 9.47 Å². The molecule has 6 atom stereocenters. The third kappa shape index (κ3) is 6.58. The number of aryl methyl sites for hydroxylation is 1. The summed E-state index contributed by atoms with van der Waals surface area (Å²) in [4.78, 5) is 24.0. The molecule has 1 heterocycles. The molecular weight excluding hydrogens is 520 g/mol. The number of ketones is 1. The number of Topliss-reactive ketones (excluding diaryl/α,β-unsaturated/α-hetero) is 1. The number of hydrogen-bond donors (Lipinski definition) is 6. The zero-order valence-electron chi connectivity index (χ0n) is 23.6. The van der Waals surface area contributed by atoms with E-state index in [2.05, 4.69) is 6.92 Å². The van der Waals surface area contributed by atoms with Crippen molar-refractivity contribution in [1.82, 2.24) is 0 Å². The molecule has 1 fully saturated rings. The molecular formula is C30H42O10. The average molecular weight is 563 g/mol. The Kier molecular flexibility index (Phi) is 10.5. The lowest BCUT2D eigenvalue weighted by Crippen LogP contribution is -2.67. The first-order chi connectivity index (χ1) is 18.8. The number of carboxylic acids is 1. The van der Waals surface area contributed by atoms with Crippen LogP contribution in [0.25, 0.3) is 10.8 Å². The molecule has 222 valence electrons. The van der Waals surface area contributed by atoms with Gasteiger partial charge in [0, 0.05) is 0 Å². The number of aromatic carboxylic acids is 1. The average Bonchev–Trinajstić information content (AvgIpc) is 2.89. The Bertz CT molecular complexity index is 1210. The van der Waals surface area contributed by atoms with Crippen molar-refractivity contribution in [2.75, 3.05) is 6.61 Å². The molecule has 10 nitrogen and oxygen atoms in total. The van der Waals surface area contributed by atoms with Gasteiger partial charge in [-0.15, -0.1) is 0 Å². The maximum Gasteiger partial charge on any atom is 0.335 e. The summed E-state index contributed by atoms with van der Waals surface area (Å²) in [5.41, 5.74) is -1.69. The highest BCUT2D eigenvalue weighted by Gasteiger charge is 2.55. The highest BCUT2D eigenvalue weighted by atomic mass is 16.7. The fraction of sp³-hybridized carbons (Fsp3) is 0.600. The van der Waals surface area contributed by atoms with Gasteiger partial charge in [0.25, 0.3) is 0 Å². The molecule has 0 aromatic heterocycles. The van der Waals surface area contributed by atoms with E-state index in [0.717, 1.165) is 38.2 Å². The molecule has 1 aliphatic rings. The molecule has 0 aliphatic carbocycles. The Morgan fingerprint density at radius 1 is 1.12 bits per heavy atom. The number of carboxylic acid groups (broad SMARTS) is 1. The third-order valence-electron chi connectivity index (χ3n) is 7.94. The van der Waals surface area contributed by atoms with E-state index in [1.54, 1.807) is 6.92 Å². The second-order valence-corrected chi connectivity index (χ2v) is 11.1. The molecule has 0 amide bonds. The minimum atomic E-state index is -1.96. The third-order valence-corrected chi connectivity index (χ3v) is 7.94. The first-order valence-electron chi connectivity index (χ1n) is 13.9. The van der Waals surface area contributed by atoms with Crippen LogP contribution in [0.4, 0.5) is 0 Å². The largest absolute Gasteiger partial charge is 0.506 e. The summed E-state index contributed by atoms with van der Waals surface area (Å²) in [5.74, 6) is -2.10. The van der Waals surface area contributed by atoms with E-state index < -0.39 is 54.3 Å². The van der Waals surface area contributed by atoms with E-state index in [9.17, 15) is 40.2 Å². The zero-order chi connectivity index (χ0) is 29.8. The second-order valence-electron chi connectivity index (χ2n) is 11.1. The van der Waals surface area contributed by atoms with Gasteiger partial charge in [0.05, 0.1) is 23.1 Å². The van der Waals surface area contributed by atoms with Gasteiger partial charge in [-0.05, 0) is 55.7 Å². The number of fused-ring (bicyclic) bond motifs is 1. The van der Waals surface area contributed by atoms with Gasteiger partial charge in [-0.2, -0.15) is 0 Å². The summed E-state index contributed by atoms with van der Waals surface area (Å²) in [5, 5.41) is 64.3. The van der Waals surface area contributed by atoms with Gasteiger partial charge in [-0.3, -0.25) is 4.79 Å². The maximum absolute atomic E-state index is 12.2. The van der Waals surface area contributed by atoms with Crippen LogP contribution in [-0.4, -0.2) is 79.2 Å². The van der Waals surface area contributed by atoms with E-state index in [1.807, 2.05) is 6.92 Å². The zero-order valence-corrected chi connectivity index (χ0v) is 23.6. The molecule has 0 saturated carbocycles. The topological polar surface area (TPSA) is 174 Å². The SMILES string of the molecule is CCCCCC[C@H](C)CC[C@]1(O)[C@H](O)[C@@H](O)[C@H](Oc2cc(C(=O)O)cc3cc(C)c(C(C)=O)c(O)c23)O[C@@H]1CO. The van der Waals surface area contributed by atoms with Crippen LogP contribution in [0.5, 0.6) is 11.5 Å². The number of unbranched alkanes of at least 4 members (excludes halogenated alkanes) is 3. The molecule has 0 spiro atoms. The summed E-state index contributed by atoms with van der Waals surface area (Å²) < 4.78 is 11.6. The van der Waals surface area contributed by atoms with Crippen LogP contribution in [0.3, 0.4) is 0 Å². The molecule has 1 saturated heterocycles. The van der Waals surface area contributed by atoms with Gasteiger partial charge in [-0.25, -0.2) is 4.79 Å². The van der Waals surface area contributed by atoms with E-state index in [-0.39, 0.29) is 40.0 Å². The summed E-state index contributed by atoms with van der Waals surface area (Å²) in [7, 11) is 0. The fourth-order valence-corrected chi connectivity index (χ4v) is 5.55. The van der Waals surface area contributed by atoms with Crippen molar-refractivity contribution < 1.29 is 49.7 Å². The number of phenols is 1. The minimum Gasteiger partial charge on any atom is -0.506 e. The number of hydrogen-bond acceptors (Lipinski definition) is 9. The number of aromatic hydroxyl groups is 1. The Labute approximate surface area is 234 Å². The Morgan fingerprint density at radius 3 is 2.42 bits per heavy atom. The molecule has 2 aromatic rings. The van der Waals surface area contributed by atoms with Crippen LogP contribution in [0.2, 0.25) is 0 Å². The monoisotopic (exact) mass is 562 g/mol. The van der Waals surface area contributed by atoms with Gasteiger partial charge < -0.3 is 40.1 Å². The second kappa shape index (κ2) is 13.3. The van der Waals surface area contributed by atoms with Gasteiger partial charge >= 0.3 is 5.97 Å². The lowest BCUT2D eigenvalue weighted by Gasteiger charge is -2.48. The molecule has 0 radical (unpaired) electrons. The van der Waals surface area contributed by atoms with Crippen LogP contribution in [-0.2, 0) is 4.74 Å². The highest BCUT2D eigenvalue weighted by Crippen LogP contribution is 2.42. The standard InChI is InChI=1S/C30H42O10/c1-5-6-7-8-9-16(2)10-11-30(38)22(15-31)40-29(26(34)27(30)35)39-21-14-20(28(36)37)13-19-12-17(3)23(18(4)32)25(33)24(19)21/h12-14,16,22,26-27,29,31,33-35,38H,5-11,15H2,1-4H3,(H,36,37)/t16-,22+,26+,27+,29+,30+/m0/s1. The van der Waals surface area contributed by atoms with Crippen molar-refractivity contribution in [1.29, 1.82) is 0 Å². The lowest BCUT2D eigenvalue weighted by molar-refractivity contribution is -0.315. The molecule has 10 heteroatoms. The molecule has 6 N–H and O–H groups in total. The number of benzene rings is 2. The number of carbonyl (C=O) groups is 2. The normalized spacial score (nSPS) is 25.6. The number of aliphatic hydroxyl groups excluding tert-OH is 3. The summed E-state index contributed by atoms with van der Waals surface area (Å²) in [6, 6.07) is 3.96. The summed E-state index contributed by atoms with van der Waals surface area (Å²) >= 11 is 0. The van der Waals surface area contributed by atoms with E-state index in [0.29, 0.717) is 12.0 Å². The van der Waals surface area contributed by atoms with Crippen molar-refractivity contribution >= 4 is 22.5 Å². The molecule has 1 aliphatic heterocycles. The van der Waals surface area contributed by atoms with Crippen molar-refractivity contribution in [2.45, 2.75) is 103 Å². The van der Waals surface area contributed by atoms with Crippen LogP contribution < -0.4 is 4.74 Å². The molecule has 40 heavy (non-hydrogen) atoms. The van der Waals surface area contributed by atoms with Crippen molar-refractivity contribution in [2.24, 2.45) is 5.92 Å². The number of rotatable bonds is 13. The Hall–Kier alpha value is -2.76. The molecule has 0 unspecified atom stereocenters. The van der Waals surface area contributed by atoms with Gasteiger partial charge in [0.1, 0.15) is 35.4 Å². The summed E-state index contributed by atoms with van der Waals surface area (Å²) in [6.45, 7) is 6.39. The number of phenolic OH excluding ortho intramolecular Hbond substituents is 1. The van der Waals surface area contributed by atoms with Gasteiger partial charge in [-0.1, -0.05) is 52.0 Å². The first kappa shape index (κ1) is 31.8. The molecule has 2 aromatic carbocycles. The van der Waals surface area contributed by atoms with Crippen LogP contribution in [0.15, 0.2) is 18.2 Å². The summed E-state index contributed by atoms with van der Waals surface area (Å²) in [6.07, 6.45) is -0.487.